The molecule has 1 amide bonds. The molecular formula is C25H23FN4O4. The number of nitriles is 1. The second kappa shape index (κ2) is 10.5. The SMILES string of the molecule is COc1cccc(/C=C/c2nc(C#N)c(N3CCN(C(=O)COc4ccc(F)cc4)CC3)o2)c1. The summed E-state index contributed by atoms with van der Waals surface area (Å²) in [4.78, 5) is 20.3. The Morgan fingerprint density at radius 1 is 1.15 bits per heavy atom. The lowest BCUT2D eigenvalue weighted by Crippen LogP contribution is -2.50. The lowest BCUT2D eigenvalue weighted by atomic mass is 10.2. The Labute approximate surface area is 196 Å². The first-order valence-corrected chi connectivity index (χ1v) is 10.7. The van der Waals surface area contributed by atoms with Gasteiger partial charge in [0, 0.05) is 32.3 Å². The van der Waals surface area contributed by atoms with Gasteiger partial charge in [-0.25, -0.2) is 4.39 Å². The summed E-state index contributed by atoms with van der Waals surface area (Å²) in [5, 5.41) is 9.51. The van der Waals surface area contributed by atoms with Gasteiger partial charge in [0.25, 0.3) is 5.91 Å². The minimum Gasteiger partial charge on any atom is -0.497 e. The van der Waals surface area contributed by atoms with Gasteiger partial charge in [0.05, 0.1) is 7.11 Å². The number of carbonyl (C=O) groups excluding carboxylic acids is 1. The summed E-state index contributed by atoms with van der Waals surface area (Å²) in [5.41, 5.74) is 1.11. The number of halogens is 1. The highest BCUT2D eigenvalue weighted by Crippen LogP contribution is 2.25. The zero-order chi connectivity index (χ0) is 23.9. The van der Waals surface area contributed by atoms with Crippen molar-refractivity contribution in [2.75, 3.05) is 44.8 Å². The van der Waals surface area contributed by atoms with Gasteiger partial charge in [-0.05, 0) is 48.0 Å². The molecule has 1 aliphatic heterocycles. The fourth-order valence-electron chi connectivity index (χ4n) is 3.53. The number of amides is 1. The van der Waals surface area contributed by atoms with Crippen LogP contribution >= 0.6 is 0 Å². The number of ether oxygens (including phenoxy) is 2. The predicted octanol–water partition coefficient (Wildman–Crippen LogP) is 3.59. The van der Waals surface area contributed by atoms with E-state index >= 15 is 0 Å². The summed E-state index contributed by atoms with van der Waals surface area (Å²) >= 11 is 0. The van der Waals surface area contributed by atoms with Crippen molar-refractivity contribution in [3.8, 4) is 17.6 Å². The summed E-state index contributed by atoms with van der Waals surface area (Å²) in [6.45, 7) is 1.76. The molecule has 3 aromatic rings. The van der Waals surface area contributed by atoms with Crippen LogP contribution < -0.4 is 14.4 Å². The molecule has 2 heterocycles. The van der Waals surface area contributed by atoms with Gasteiger partial charge in [0.15, 0.2) is 6.61 Å². The highest BCUT2D eigenvalue weighted by Gasteiger charge is 2.26. The maximum absolute atomic E-state index is 13.0. The number of aromatic nitrogens is 1. The van der Waals surface area contributed by atoms with Crippen molar-refractivity contribution in [3.05, 3.63) is 71.5 Å². The number of hydrogen-bond donors (Lipinski definition) is 0. The molecule has 2 aromatic carbocycles. The van der Waals surface area contributed by atoms with Crippen LogP contribution in [0.2, 0.25) is 0 Å². The average Bonchev–Trinajstić information content (AvgIpc) is 3.30. The Morgan fingerprint density at radius 2 is 1.91 bits per heavy atom. The monoisotopic (exact) mass is 462 g/mol. The van der Waals surface area contributed by atoms with Crippen LogP contribution in [0.4, 0.5) is 10.3 Å². The number of hydrogen-bond acceptors (Lipinski definition) is 7. The van der Waals surface area contributed by atoms with Crippen LogP contribution in [0, 0.1) is 17.1 Å². The number of piperazine rings is 1. The molecule has 1 aliphatic rings. The lowest BCUT2D eigenvalue weighted by Gasteiger charge is -2.34. The van der Waals surface area contributed by atoms with Crippen LogP contribution in [0.1, 0.15) is 17.1 Å². The van der Waals surface area contributed by atoms with E-state index in [4.69, 9.17) is 13.9 Å². The molecular weight excluding hydrogens is 439 g/mol. The lowest BCUT2D eigenvalue weighted by molar-refractivity contribution is -0.133. The Balaban J connectivity index is 1.35. The first-order chi connectivity index (χ1) is 16.6. The molecule has 0 aliphatic carbocycles. The van der Waals surface area contributed by atoms with E-state index < -0.39 is 0 Å². The van der Waals surface area contributed by atoms with E-state index in [0.717, 1.165) is 11.3 Å². The third-order valence-electron chi connectivity index (χ3n) is 5.34. The molecule has 9 heteroatoms. The number of oxazole rings is 1. The fraction of sp³-hybridized carbons (Fsp3) is 0.240. The average molecular weight is 462 g/mol. The molecule has 174 valence electrons. The van der Waals surface area contributed by atoms with Crippen LogP contribution in [-0.4, -0.2) is 55.7 Å². The molecule has 1 fully saturated rings. The van der Waals surface area contributed by atoms with E-state index in [-0.39, 0.29) is 24.0 Å². The second-order valence-corrected chi connectivity index (χ2v) is 7.54. The van der Waals surface area contributed by atoms with E-state index in [0.29, 0.717) is 43.7 Å². The van der Waals surface area contributed by atoms with Gasteiger partial charge >= 0.3 is 0 Å². The van der Waals surface area contributed by atoms with Gasteiger partial charge in [-0.15, -0.1) is 0 Å². The Morgan fingerprint density at radius 3 is 2.62 bits per heavy atom. The van der Waals surface area contributed by atoms with Crippen LogP contribution in [0.15, 0.2) is 52.9 Å². The summed E-state index contributed by atoms with van der Waals surface area (Å²) in [6, 6.07) is 15.1. The molecule has 4 rings (SSSR count). The molecule has 0 N–H and O–H groups in total. The number of anilines is 1. The van der Waals surface area contributed by atoms with Gasteiger partial charge < -0.3 is 23.7 Å². The third kappa shape index (κ3) is 5.53. The number of nitrogens with zero attached hydrogens (tertiary/aromatic N) is 4. The van der Waals surface area contributed by atoms with Gasteiger partial charge in [-0.2, -0.15) is 10.2 Å². The fourth-order valence-corrected chi connectivity index (χ4v) is 3.53. The van der Waals surface area contributed by atoms with E-state index in [1.54, 1.807) is 18.1 Å². The Bertz CT molecular complexity index is 1210. The predicted molar refractivity (Wildman–Crippen MR) is 124 cm³/mol. The van der Waals surface area contributed by atoms with Crippen molar-refractivity contribution < 1.29 is 23.1 Å². The minimum atomic E-state index is -0.363. The normalized spacial score (nSPS) is 13.7. The molecule has 0 unspecified atom stereocenters. The van der Waals surface area contributed by atoms with Crippen LogP contribution in [-0.2, 0) is 4.79 Å². The van der Waals surface area contributed by atoms with Crippen molar-refractivity contribution in [1.82, 2.24) is 9.88 Å². The van der Waals surface area contributed by atoms with Crippen molar-refractivity contribution in [3.63, 3.8) is 0 Å². The van der Waals surface area contributed by atoms with Gasteiger partial charge in [0.2, 0.25) is 17.5 Å². The summed E-state index contributed by atoms with van der Waals surface area (Å²) in [5.74, 6) is 1.36. The van der Waals surface area contributed by atoms with Gasteiger partial charge in [0.1, 0.15) is 23.4 Å². The molecule has 0 atom stereocenters. The minimum absolute atomic E-state index is 0.128. The number of benzene rings is 2. The maximum Gasteiger partial charge on any atom is 0.260 e. The second-order valence-electron chi connectivity index (χ2n) is 7.54. The molecule has 1 aromatic heterocycles. The van der Waals surface area contributed by atoms with E-state index in [1.807, 2.05) is 35.2 Å². The maximum atomic E-state index is 13.0. The number of rotatable bonds is 7. The van der Waals surface area contributed by atoms with Crippen LogP contribution in [0.25, 0.3) is 12.2 Å². The standard InChI is InChI=1S/C25H23FN4O4/c1-32-21-4-2-3-18(15-21)5-10-23-28-22(16-27)25(34-23)30-13-11-29(12-14-30)24(31)17-33-20-8-6-19(26)7-9-20/h2-10,15H,11-14,17H2,1H3/b10-5+. The van der Waals surface area contributed by atoms with E-state index in [2.05, 4.69) is 11.1 Å². The zero-order valence-electron chi connectivity index (χ0n) is 18.6. The third-order valence-corrected chi connectivity index (χ3v) is 5.34. The summed E-state index contributed by atoms with van der Waals surface area (Å²) in [7, 11) is 1.61. The smallest absolute Gasteiger partial charge is 0.260 e. The number of methoxy groups -OCH3 is 1. The van der Waals surface area contributed by atoms with Crippen LogP contribution in [0.5, 0.6) is 11.5 Å². The topological polar surface area (TPSA) is 91.8 Å². The van der Waals surface area contributed by atoms with Crippen molar-refractivity contribution in [2.45, 2.75) is 0 Å². The molecule has 0 spiro atoms. The largest absolute Gasteiger partial charge is 0.497 e. The Hall–Kier alpha value is -4.32. The molecule has 34 heavy (non-hydrogen) atoms. The molecule has 0 saturated carbocycles. The van der Waals surface area contributed by atoms with Crippen LogP contribution in [0.3, 0.4) is 0 Å². The highest BCUT2D eigenvalue weighted by atomic mass is 19.1. The van der Waals surface area contributed by atoms with E-state index in [9.17, 15) is 14.4 Å². The van der Waals surface area contributed by atoms with E-state index in [1.165, 1.54) is 24.3 Å². The highest BCUT2D eigenvalue weighted by molar-refractivity contribution is 5.78. The quantitative estimate of drug-likeness (QED) is 0.530. The Kier molecular flexibility index (Phi) is 7.08. The molecule has 0 bridgehead atoms. The summed E-state index contributed by atoms with van der Waals surface area (Å²) < 4.78 is 29.5. The van der Waals surface area contributed by atoms with Gasteiger partial charge in [-0.3, -0.25) is 4.79 Å². The first kappa shape index (κ1) is 22.9. The zero-order valence-corrected chi connectivity index (χ0v) is 18.6. The molecule has 8 nitrogen and oxygen atoms in total. The summed E-state index contributed by atoms with van der Waals surface area (Å²) in [6.07, 6.45) is 3.53. The van der Waals surface area contributed by atoms with Gasteiger partial charge in [-0.1, -0.05) is 12.1 Å². The number of carbonyl (C=O) groups is 1. The van der Waals surface area contributed by atoms with Crippen molar-refractivity contribution in [2.24, 2.45) is 0 Å². The van der Waals surface area contributed by atoms with Crippen molar-refractivity contribution in [1.29, 1.82) is 5.26 Å². The molecule has 1 saturated heterocycles. The molecule has 0 radical (unpaired) electrons. The van der Waals surface area contributed by atoms with Crippen molar-refractivity contribution >= 4 is 23.9 Å². The first-order valence-electron chi connectivity index (χ1n) is 10.7.